The Kier molecular flexibility index (Phi) is 9.58. The van der Waals surface area contributed by atoms with E-state index in [1.165, 1.54) is 42.6 Å². The van der Waals surface area contributed by atoms with Gasteiger partial charge in [0, 0.05) is 33.2 Å². The lowest BCUT2D eigenvalue weighted by molar-refractivity contribution is 0.176. The molecule has 1 aliphatic rings. The van der Waals surface area contributed by atoms with Crippen molar-refractivity contribution in [1.82, 2.24) is 15.5 Å². The van der Waals surface area contributed by atoms with Crippen LogP contribution in [0.4, 0.5) is 0 Å². The molecule has 148 valence electrons. The minimum absolute atomic E-state index is 0. The second-order valence-corrected chi connectivity index (χ2v) is 7.94. The van der Waals surface area contributed by atoms with Crippen molar-refractivity contribution in [2.75, 3.05) is 20.1 Å². The third-order valence-corrected chi connectivity index (χ3v) is 5.70. The van der Waals surface area contributed by atoms with Crippen molar-refractivity contribution in [2.24, 2.45) is 10.9 Å². The van der Waals surface area contributed by atoms with Crippen LogP contribution in [0.5, 0.6) is 0 Å². The third-order valence-electron chi connectivity index (χ3n) is 4.96. The molecular formula is C21H31IN4S. The SMILES string of the molecule is CN=C(NCc1ccsc1)NCc1ccccc1CN1CCCC(C)C1.I. The molecule has 6 heteroatoms. The molecule has 0 aliphatic carbocycles. The predicted molar refractivity (Wildman–Crippen MR) is 127 cm³/mol. The van der Waals surface area contributed by atoms with Gasteiger partial charge in [0.2, 0.25) is 0 Å². The largest absolute Gasteiger partial charge is 0.352 e. The van der Waals surface area contributed by atoms with Gasteiger partial charge in [-0.1, -0.05) is 31.2 Å². The van der Waals surface area contributed by atoms with Gasteiger partial charge in [0.05, 0.1) is 0 Å². The van der Waals surface area contributed by atoms with Crippen molar-refractivity contribution in [2.45, 2.75) is 39.4 Å². The lowest BCUT2D eigenvalue weighted by atomic mass is 9.99. The van der Waals surface area contributed by atoms with Gasteiger partial charge in [0.1, 0.15) is 0 Å². The molecular weight excluding hydrogens is 467 g/mol. The van der Waals surface area contributed by atoms with Gasteiger partial charge in [-0.25, -0.2) is 0 Å². The summed E-state index contributed by atoms with van der Waals surface area (Å²) in [6, 6.07) is 10.9. The fourth-order valence-corrected chi connectivity index (χ4v) is 4.20. The first-order valence-electron chi connectivity index (χ1n) is 9.49. The molecule has 0 saturated carbocycles. The zero-order chi connectivity index (χ0) is 18.2. The molecule has 1 aliphatic heterocycles. The molecule has 4 nitrogen and oxygen atoms in total. The van der Waals surface area contributed by atoms with Crippen molar-refractivity contribution >= 4 is 41.3 Å². The monoisotopic (exact) mass is 498 g/mol. The maximum absolute atomic E-state index is 4.35. The highest BCUT2D eigenvalue weighted by Crippen LogP contribution is 2.19. The summed E-state index contributed by atoms with van der Waals surface area (Å²) in [6.07, 6.45) is 2.69. The van der Waals surface area contributed by atoms with E-state index in [0.717, 1.165) is 31.5 Å². The van der Waals surface area contributed by atoms with E-state index < -0.39 is 0 Å². The molecule has 1 fully saturated rings. The van der Waals surface area contributed by atoms with Crippen LogP contribution in [0.25, 0.3) is 0 Å². The summed E-state index contributed by atoms with van der Waals surface area (Å²) in [4.78, 5) is 6.94. The molecule has 0 amide bonds. The number of thiophene rings is 1. The molecule has 1 aromatic carbocycles. The summed E-state index contributed by atoms with van der Waals surface area (Å²) in [6.45, 7) is 7.44. The molecule has 1 saturated heterocycles. The zero-order valence-electron chi connectivity index (χ0n) is 16.3. The number of aliphatic imine (C=N–C) groups is 1. The van der Waals surface area contributed by atoms with Crippen molar-refractivity contribution in [3.8, 4) is 0 Å². The molecule has 1 aromatic heterocycles. The summed E-state index contributed by atoms with van der Waals surface area (Å²) < 4.78 is 0. The third kappa shape index (κ3) is 7.08. The Bertz CT molecular complexity index is 702. The second kappa shape index (κ2) is 11.7. The van der Waals surface area contributed by atoms with Gasteiger partial charge < -0.3 is 10.6 Å². The number of guanidine groups is 1. The van der Waals surface area contributed by atoms with Gasteiger partial charge in [-0.3, -0.25) is 9.89 Å². The molecule has 2 heterocycles. The van der Waals surface area contributed by atoms with Crippen LogP contribution in [0.1, 0.15) is 36.5 Å². The summed E-state index contributed by atoms with van der Waals surface area (Å²) in [5.74, 6) is 1.66. The maximum Gasteiger partial charge on any atom is 0.191 e. The van der Waals surface area contributed by atoms with Gasteiger partial charge in [-0.15, -0.1) is 24.0 Å². The first-order chi connectivity index (χ1) is 12.7. The van der Waals surface area contributed by atoms with E-state index in [1.807, 2.05) is 7.05 Å². The number of piperidine rings is 1. The summed E-state index contributed by atoms with van der Waals surface area (Å²) in [7, 11) is 1.82. The Hall–Kier alpha value is -1.12. The van der Waals surface area contributed by atoms with Crippen LogP contribution < -0.4 is 10.6 Å². The number of likely N-dealkylation sites (tertiary alicyclic amines) is 1. The van der Waals surface area contributed by atoms with Crippen molar-refractivity contribution in [3.63, 3.8) is 0 Å². The van der Waals surface area contributed by atoms with Crippen LogP contribution in [0.3, 0.4) is 0 Å². The molecule has 0 spiro atoms. The molecule has 0 radical (unpaired) electrons. The molecule has 2 N–H and O–H groups in total. The zero-order valence-corrected chi connectivity index (χ0v) is 19.4. The smallest absolute Gasteiger partial charge is 0.191 e. The van der Waals surface area contributed by atoms with Gasteiger partial charge >= 0.3 is 0 Å². The Morgan fingerprint density at radius 2 is 1.96 bits per heavy atom. The Balaban J connectivity index is 0.00000261. The van der Waals surface area contributed by atoms with Crippen LogP contribution in [0.2, 0.25) is 0 Å². The molecule has 3 rings (SSSR count). The Morgan fingerprint density at radius 3 is 2.67 bits per heavy atom. The minimum Gasteiger partial charge on any atom is -0.352 e. The first kappa shape index (κ1) is 22.2. The topological polar surface area (TPSA) is 39.7 Å². The van der Waals surface area contributed by atoms with Crippen molar-refractivity contribution in [1.29, 1.82) is 0 Å². The van der Waals surface area contributed by atoms with Crippen LogP contribution in [0.15, 0.2) is 46.1 Å². The van der Waals surface area contributed by atoms with E-state index in [1.54, 1.807) is 11.3 Å². The molecule has 27 heavy (non-hydrogen) atoms. The van der Waals surface area contributed by atoms with E-state index in [-0.39, 0.29) is 24.0 Å². The standard InChI is InChI=1S/C21H30N4S.HI/c1-17-6-5-10-25(14-17)15-20-8-4-3-7-19(20)13-24-21(22-2)23-12-18-9-11-26-16-18;/h3-4,7-9,11,16-17H,5-6,10,12-15H2,1-2H3,(H2,22,23,24);1H. The summed E-state index contributed by atoms with van der Waals surface area (Å²) in [5, 5.41) is 11.1. The lowest BCUT2D eigenvalue weighted by Crippen LogP contribution is -2.37. The molecule has 2 aromatic rings. The number of nitrogens with one attached hydrogen (secondary N) is 2. The molecule has 1 unspecified atom stereocenters. The van der Waals surface area contributed by atoms with Gasteiger partial charge in [-0.2, -0.15) is 11.3 Å². The molecule has 0 bridgehead atoms. The van der Waals surface area contributed by atoms with Crippen molar-refractivity contribution < 1.29 is 0 Å². The Morgan fingerprint density at radius 1 is 1.19 bits per heavy atom. The quantitative estimate of drug-likeness (QED) is 0.351. The number of rotatable bonds is 6. The summed E-state index contributed by atoms with van der Waals surface area (Å²) in [5.41, 5.74) is 4.06. The highest BCUT2D eigenvalue weighted by molar-refractivity contribution is 14.0. The van der Waals surface area contributed by atoms with E-state index in [2.05, 4.69) is 68.5 Å². The number of hydrogen-bond donors (Lipinski definition) is 2. The van der Waals surface area contributed by atoms with Crippen LogP contribution in [-0.4, -0.2) is 31.0 Å². The summed E-state index contributed by atoms with van der Waals surface area (Å²) >= 11 is 1.72. The van der Waals surface area contributed by atoms with Gasteiger partial charge in [0.25, 0.3) is 0 Å². The minimum atomic E-state index is 0. The number of benzene rings is 1. The number of halogens is 1. The van der Waals surface area contributed by atoms with Crippen LogP contribution in [-0.2, 0) is 19.6 Å². The molecule has 1 atom stereocenters. The lowest BCUT2D eigenvalue weighted by Gasteiger charge is -2.31. The van der Waals surface area contributed by atoms with E-state index in [4.69, 9.17) is 0 Å². The average Bonchev–Trinajstić information content (AvgIpc) is 3.17. The Labute approximate surface area is 184 Å². The maximum atomic E-state index is 4.35. The number of hydrogen-bond acceptors (Lipinski definition) is 3. The highest BCUT2D eigenvalue weighted by Gasteiger charge is 2.17. The second-order valence-electron chi connectivity index (χ2n) is 7.16. The fraction of sp³-hybridized carbons (Fsp3) is 0.476. The normalized spacial score (nSPS) is 18.0. The van der Waals surface area contributed by atoms with Crippen molar-refractivity contribution in [3.05, 3.63) is 57.8 Å². The predicted octanol–water partition coefficient (Wildman–Crippen LogP) is 4.46. The number of nitrogens with zero attached hydrogens (tertiary/aromatic N) is 2. The van der Waals surface area contributed by atoms with E-state index in [0.29, 0.717) is 0 Å². The highest BCUT2D eigenvalue weighted by atomic mass is 127. The van der Waals surface area contributed by atoms with Gasteiger partial charge in [-0.05, 0) is 58.8 Å². The van der Waals surface area contributed by atoms with E-state index in [9.17, 15) is 0 Å². The average molecular weight is 498 g/mol. The fourth-order valence-electron chi connectivity index (χ4n) is 3.53. The van der Waals surface area contributed by atoms with Gasteiger partial charge in [0.15, 0.2) is 5.96 Å². The van der Waals surface area contributed by atoms with Crippen LogP contribution in [0, 0.1) is 5.92 Å². The van der Waals surface area contributed by atoms with E-state index >= 15 is 0 Å². The first-order valence-corrected chi connectivity index (χ1v) is 10.4. The van der Waals surface area contributed by atoms with Crippen LogP contribution >= 0.6 is 35.3 Å².